The van der Waals surface area contributed by atoms with Gasteiger partial charge in [0.15, 0.2) is 0 Å². The summed E-state index contributed by atoms with van der Waals surface area (Å²) in [5.41, 5.74) is 7.19. The number of thiophene rings is 1. The third-order valence-electron chi connectivity index (χ3n) is 2.35. The second-order valence-electron chi connectivity index (χ2n) is 3.72. The number of aryl methyl sites for hydroxylation is 1. The lowest BCUT2D eigenvalue weighted by molar-refractivity contribution is 0.291. The van der Waals surface area contributed by atoms with Gasteiger partial charge in [-0.1, -0.05) is 18.2 Å². The van der Waals surface area contributed by atoms with E-state index in [1.807, 2.05) is 30.3 Å². The van der Waals surface area contributed by atoms with Crippen LogP contribution in [0.3, 0.4) is 0 Å². The molecule has 0 aliphatic rings. The highest BCUT2D eigenvalue weighted by molar-refractivity contribution is 7.10. The van der Waals surface area contributed by atoms with Crippen LogP contribution in [-0.4, -0.2) is 6.61 Å². The molecule has 2 N–H and O–H groups in total. The van der Waals surface area contributed by atoms with Gasteiger partial charge in [0.25, 0.3) is 0 Å². The van der Waals surface area contributed by atoms with Crippen molar-refractivity contribution in [2.24, 2.45) is 5.73 Å². The molecular formula is C13H15NOS. The number of rotatable bonds is 4. The van der Waals surface area contributed by atoms with Gasteiger partial charge in [-0.3, -0.25) is 0 Å². The van der Waals surface area contributed by atoms with Crippen molar-refractivity contribution in [1.82, 2.24) is 0 Å². The zero-order valence-corrected chi connectivity index (χ0v) is 10.0. The van der Waals surface area contributed by atoms with Crippen LogP contribution in [0.15, 0.2) is 41.8 Å². The summed E-state index contributed by atoms with van der Waals surface area (Å²) in [6, 6.07) is 11.8. The van der Waals surface area contributed by atoms with Gasteiger partial charge in [-0.25, -0.2) is 0 Å². The summed E-state index contributed by atoms with van der Waals surface area (Å²) in [5.74, 6) is 0.866. The van der Waals surface area contributed by atoms with Crippen LogP contribution in [0.2, 0.25) is 0 Å². The molecule has 0 spiro atoms. The highest BCUT2D eigenvalue weighted by Crippen LogP contribution is 2.19. The van der Waals surface area contributed by atoms with E-state index in [2.05, 4.69) is 18.4 Å². The Bertz CT molecular complexity index is 438. The predicted molar refractivity (Wildman–Crippen MR) is 67.9 cm³/mol. The maximum Gasteiger partial charge on any atom is 0.119 e. The summed E-state index contributed by atoms with van der Waals surface area (Å²) >= 11 is 1.72. The average Bonchev–Trinajstić information content (AvgIpc) is 2.74. The fourth-order valence-corrected chi connectivity index (χ4v) is 2.23. The lowest BCUT2D eigenvalue weighted by Crippen LogP contribution is -2.18. The zero-order valence-electron chi connectivity index (χ0n) is 9.22. The molecule has 2 rings (SSSR count). The largest absolute Gasteiger partial charge is 0.492 e. The first kappa shape index (κ1) is 11.2. The second-order valence-corrected chi connectivity index (χ2v) is 4.84. The SMILES string of the molecule is Cc1cc(C(N)COc2ccccc2)cs1. The highest BCUT2D eigenvalue weighted by Gasteiger charge is 2.08. The molecule has 1 heterocycles. The van der Waals surface area contributed by atoms with Crippen molar-refractivity contribution in [3.05, 3.63) is 52.2 Å². The fourth-order valence-electron chi connectivity index (χ4n) is 1.46. The molecule has 1 unspecified atom stereocenters. The lowest BCUT2D eigenvalue weighted by Gasteiger charge is -2.11. The minimum absolute atomic E-state index is 0.0508. The Labute approximate surface area is 99.7 Å². The molecule has 0 fully saturated rings. The molecule has 2 aromatic rings. The van der Waals surface area contributed by atoms with E-state index in [0.29, 0.717) is 6.61 Å². The quantitative estimate of drug-likeness (QED) is 0.880. The Kier molecular flexibility index (Phi) is 3.59. The fraction of sp³-hybridized carbons (Fsp3) is 0.231. The van der Waals surface area contributed by atoms with Crippen molar-refractivity contribution < 1.29 is 4.74 Å². The van der Waals surface area contributed by atoms with Crippen molar-refractivity contribution in [2.45, 2.75) is 13.0 Å². The summed E-state index contributed by atoms with van der Waals surface area (Å²) in [7, 11) is 0. The standard InChI is InChI=1S/C13H15NOS/c1-10-7-11(9-16-10)13(14)8-15-12-5-3-2-4-6-12/h2-7,9,13H,8,14H2,1H3. The number of hydrogen-bond donors (Lipinski definition) is 1. The zero-order chi connectivity index (χ0) is 11.4. The third-order valence-corrected chi connectivity index (χ3v) is 3.23. The van der Waals surface area contributed by atoms with E-state index >= 15 is 0 Å². The number of hydrogen-bond acceptors (Lipinski definition) is 3. The van der Waals surface area contributed by atoms with Crippen LogP contribution < -0.4 is 10.5 Å². The summed E-state index contributed by atoms with van der Waals surface area (Å²) in [6.45, 7) is 2.60. The Morgan fingerprint density at radius 3 is 2.69 bits per heavy atom. The molecule has 2 nitrogen and oxygen atoms in total. The molecule has 0 aliphatic carbocycles. The van der Waals surface area contributed by atoms with Crippen molar-refractivity contribution in [2.75, 3.05) is 6.61 Å². The molecule has 1 aromatic heterocycles. The van der Waals surface area contributed by atoms with E-state index in [9.17, 15) is 0 Å². The molecule has 0 bridgehead atoms. The summed E-state index contributed by atoms with van der Waals surface area (Å²) in [5, 5.41) is 2.09. The molecule has 0 saturated carbocycles. The van der Waals surface area contributed by atoms with Crippen LogP contribution >= 0.6 is 11.3 Å². The Morgan fingerprint density at radius 2 is 2.06 bits per heavy atom. The normalized spacial score (nSPS) is 12.4. The van der Waals surface area contributed by atoms with Gasteiger partial charge in [-0.15, -0.1) is 11.3 Å². The van der Waals surface area contributed by atoms with Crippen LogP contribution in [-0.2, 0) is 0 Å². The van der Waals surface area contributed by atoms with Crippen molar-refractivity contribution in [3.63, 3.8) is 0 Å². The molecule has 0 amide bonds. The summed E-state index contributed by atoms with van der Waals surface area (Å²) < 4.78 is 5.61. The number of benzene rings is 1. The molecule has 3 heteroatoms. The van der Waals surface area contributed by atoms with E-state index in [1.165, 1.54) is 4.88 Å². The first-order valence-electron chi connectivity index (χ1n) is 5.24. The van der Waals surface area contributed by atoms with Crippen LogP contribution in [0.25, 0.3) is 0 Å². The molecule has 16 heavy (non-hydrogen) atoms. The number of para-hydroxylation sites is 1. The van der Waals surface area contributed by atoms with Gasteiger partial charge in [-0.2, -0.15) is 0 Å². The predicted octanol–water partition coefficient (Wildman–Crippen LogP) is 3.14. The van der Waals surface area contributed by atoms with E-state index in [-0.39, 0.29) is 6.04 Å². The molecule has 0 radical (unpaired) electrons. The maximum atomic E-state index is 6.04. The van der Waals surface area contributed by atoms with Gasteiger partial charge in [0.05, 0.1) is 6.04 Å². The van der Waals surface area contributed by atoms with Crippen molar-refractivity contribution in [3.8, 4) is 5.75 Å². The van der Waals surface area contributed by atoms with E-state index in [1.54, 1.807) is 11.3 Å². The van der Waals surface area contributed by atoms with Crippen LogP contribution in [0.4, 0.5) is 0 Å². The minimum Gasteiger partial charge on any atom is -0.492 e. The molecular weight excluding hydrogens is 218 g/mol. The first-order valence-corrected chi connectivity index (χ1v) is 6.12. The first-order chi connectivity index (χ1) is 7.75. The van der Waals surface area contributed by atoms with Crippen LogP contribution in [0.1, 0.15) is 16.5 Å². The molecule has 1 aromatic carbocycles. The monoisotopic (exact) mass is 233 g/mol. The Morgan fingerprint density at radius 1 is 1.31 bits per heavy atom. The number of ether oxygens (including phenoxy) is 1. The lowest BCUT2D eigenvalue weighted by atomic mass is 10.2. The minimum atomic E-state index is -0.0508. The summed E-state index contributed by atoms with van der Waals surface area (Å²) in [6.07, 6.45) is 0. The number of nitrogens with two attached hydrogens (primary N) is 1. The van der Waals surface area contributed by atoms with Gasteiger partial charge >= 0.3 is 0 Å². The van der Waals surface area contributed by atoms with Gasteiger partial charge < -0.3 is 10.5 Å². The average molecular weight is 233 g/mol. The van der Waals surface area contributed by atoms with Crippen molar-refractivity contribution >= 4 is 11.3 Å². The highest BCUT2D eigenvalue weighted by atomic mass is 32.1. The molecule has 0 aliphatic heterocycles. The van der Waals surface area contributed by atoms with Gasteiger partial charge in [0.1, 0.15) is 12.4 Å². The molecule has 1 atom stereocenters. The van der Waals surface area contributed by atoms with E-state index in [4.69, 9.17) is 10.5 Å². The Balaban J connectivity index is 1.91. The second kappa shape index (κ2) is 5.14. The van der Waals surface area contributed by atoms with Crippen molar-refractivity contribution in [1.29, 1.82) is 0 Å². The smallest absolute Gasteiger partial charge is 0.119 e. The van der Waals surface area contributed by atoms with E-state index in [0.717, 1.165) is 11.3 Å². The van der Waals surface area contributed by atoms with Crippen LogP contribution in [0, 0.1) is 6.92 Å². The van der Waals surface area contributed by atoms with Crippen LogP contribution in [0.5, 0.6) is 5.75 Å². The third kappa shape index (κ3) is 2.84. The Hall–Kier alpha value is -1.32. The van der Waals surface area contributed by atoms with E-state index < -0.39 is 0 Å². The van der Waals surface area contributed by atoms with Gasteiger partial charge in [0, 0.05) is 4.88 Å². The van der Waals surface area contributed by atoms with Gasteiger partial charge in [0.2, 0.25) is 0 Å². The summed E-state index contributed by atoms with van der Waals surface area (Å²) in [4.78, 5) is 1.28. The van der Waals surface area contributed by atoms with Gasteiger partial charge in [-0.05, 0) is 36.1 Å². The maximum absolute atomic E-state index is 6.04. The topological polar surface area (TPSA) is 35.2 Å². The molecule has 84 valence electrons. The molecule has 0 saturated heterocycles.